The van der Waals surface area contributed by atoms with Crippen LogP contribution < -0.4 is 5.32 Å². The molecule has 1 N–H and O–H groups in total. The lowest BCUT2D eigenvalue weighted by atomic mass is 9.85. The molecule has 0 aromatic rings. The van der Waals surface area contributed by atoms with E-state index in [9.17, 15) is 0 Å². The van der Waals surface area contributed by atoms with Crippen LogP contribution in [0.4, 0.5) is 0 Å². The van der Waals surface area contributed by atoms with Crippen molar-refractivity contribution in [2.75, 3.05) is 39.9 Å². The number of hydrogen-bond acceptors (Lipinski definition) is 3. The molecule has 0 saturated heterocycles. The van der Waals surface area contributed by atoms with Crippen LogP contribution in [0.5, 0.6) is 0 Å². The van der Waals surface area contributed by atoms with E-state index in [4.69, 9.17) is 4.74 Å². The van der Waals surface area contributed by atoms with Crippen LogP contribution in [-0.2, 0) is 4.74 Å². The minimum Gasteiger partial charge on any atom is -0.383 e. The average molecular weight is 256 g/mol. The molecule has 1 aliphatic rings. The Morgan fingerprint density at radius 2 is 1.94 bits per heavy atom. The standard InChI is InChI=1S/C15H32N2O/c1-5-16-12-15(8-6-7-9-15)13-17(14(2)3)10-11-18-4/h14,16H,5-13H2,1-4H3. The van der Waals surface area contributed by atoms with Crippen molar-refractivity contribution in [3.8, 4) is 0 Å². The van der Waals surface area contributed by atoms with Gasteiger partial charge in [-0.3, -0.25) is 4.90 Å². The van der Waals surface area contributed by atoms with E-state index >= 15 is 0 Å². The van der Waals surface area contributed by atoms with Crippen LogP contribution in [0, 0.1) is 5.41 Å². The minimum atomic E-state index is 0.508. The fraction of sp³-hybridized carbons (Fsp3) is 1.00. The molecule has 108 valence electrons. The molecule has 18 heavy (non-hydrogen) atoms. The Balaban J connectivity index is 2.55. The summed E-state index contributed by atoms with van der Waals surface area (Å²) in [6, 6.07) is 0.610. The van der Waals surface area contributed by atoms with E-state index in [2.05, 4.69) is 31.0 Å². The third-order valence-electron chi connectivity index (χ3n) is 4.27. The van der Waals surface area contributed by atoms with Crippen molar-refractivity contribution < 1.29 is 4.74 Å². The maximum atomic E-state index is 5.24. The zero-order valence-electron chi connectivity index (χ0n) is 12.8. The Morgan fingerprint density at radius 1 is 1.28 bits per heavy atom. The Labute approximate surface area is 113 Å². The molecule has 0 heterocycles. The lowest BCUT2D eigenvalue weighted by Crippen LogP contribution is -2.46. The van der Waals surface area contributed by atoms with Crippen LogP contribution >= 0.6 is 0 Å². The van der Waals surface area contributed by atoms with Gasteiger partial charge in [-0.1, -0.05) is 19.8 Å². The molecule has 1 rings (SSSR count). The zero-order chi connectivity index (χ0) is 13.4. The Bertz CT molecular complexity index is 213. The summed E-state index contributed by atoms with van der Waals surface area (Å²) < 4.78 is 5.24. The number of nitrogens with one attached hydrogen (secondary N) is 1. The molecular weight excluding hydrogens is 224 g/mol. The van der Waals surface area contributed by atoms with E-state index in [0.717, 1.165) is 19.7 Å². The predicted octanol–water partition coefficient (Wildman–Crippen LogP) is 2.51. The maximum absolute atomic E-state index is 5.24. The summed E-state index contributed by atoms with van der Waals surface area (Å²) in [4.78, 5) is 2.59. The van der Waals surface area contributed by atoms with E-state index in [1.807, 2.05) is 0 Å². The lowest BCUT2D eigenvalue weighted by Gasteiger charge is -2.37. The highest BCUT2D eigenvalue weighted by Crippen LogP contribution is 2.38. The summed E-state index contributed by atoms with van der Waals surface area (Å²) in [6.45, 7) is 12.2. The first-order valence-corrected chi connectivity index (χ1v) is 7.57. The van der Waals surface area contributed by atoms with Crippen LogP contribution in [-0.4, -0.2) is 50.8 Å². The molecule has 0 radical (unpaired) electrons. The van der Waals surface area contributed by atoms with Crippen molar-refractivity contribution in [2.45, 2.75) is 52.5 Å². The first-order chi connectivity index (χ1) is 8.63. The second-order valence-corrected chi connectivity index (χ2v) is 6.04. The fourth-order valence-corrected chi connectivity index (χ4v) is 3.07. The summed E-state index contributed by atoms with van der Waals surface area (Å²) in [5.74, 6) is 0. The molecule has 0 aromatic heterocycles. The molecule has 3 nitrogen and oxygen atoms in total. The third-order valence-corrected chi connectivity index (χ3v) is 4.27. The van der Waals surface area contributed by atoms with Gasteiger partial charge in [0.1, 0.15) is 0 Å². The van der Waals surface area contributed by atoms with Gasteiger partial charge in [0.15, 0.2) is 0 Å². The highest BCUT2D eigenvalue weighted by molar-refractivity contribution is 4.90. The number of methoxy groups -OCH3 is 1. The molecule has 1 fully saturated rings. The molecule has 1 aliphatic carbocycles. The summed E-state index contributed by atoms with van der Waals surface area (Å²) in [5.41, 5.74) is 0.508. The minimum absolute atomic E-state index is 0.508. The molecule has 0 bridgehead atoms. The summed E-state index contributed by atoms with van der Waals surface area (Å²) in [6.07, 6.45) is 5.58. The molecule has 0 aromatic carbocycles. The number of nitrogens with zero attached hydrogens (tertiary/aromatic N) is 1. The van der Waals surface area contributed by atoms with Crippen molar-refractivity contribution in [1.82, 2.24) is 10.2 Å². The first-order valence-electron chi connectivity index (χ1n) is 7.57. The van der Waals surface area contributed by atoms with Gasteiger partial charge >= 0.3 is 0 Å². The van der Waals surface area contributed by atoms with Crippen molar-refractivity contribution in [3.05, 3.63) is 0 Å². The van der Waals surface area contributed by atoms with Gasteiger partial charge < -0.3 is 10.1 Å². The number of rotatable bonds is 9. The quantitative estimate of drug-likeness (QED) is 0.686. The van der Waals surface area contributed by atoms with Crippen molar-refractivity contribution >= 4 is 0 Å². The molecule has 1 saturated carbocycles. The third kappa shape index (κ3) is 4.87. The molecule has 0 amide bonds. The molecule has 0 aliphatic heterocycles. The van der Waals surface area contributed by atoms with Crippen molar-refractivity contribution in [2.24, 2.45) is 5.41 Å². The smallest absolute Gasteiger partial charge is 0.0589 e. The van der Waals surface area contributed by atoms with Crippen molar-refractivity contribution in [1.29, 1.82) is 0 Å². The highest BCUT2D eigenvalue weighted by Gasteiger charge is 2.35. The van der Waals surface area contributed by atoms with Crippen LogP contribution in [0.25, 0.3) is 0 Å². The van der Waals surface area contributed by atoms with E-state index in [1.165, 1.54) is 38.8 Å². The number of ether oxygens (including phenoxy) is 1. The molecule has 3 heteroatoms. The van der Waals surface area contributed by atoms with Gasteiger partial charge in [0.25, 0.3) is 0 Å². The zero-order valence-corrected chi connectivity index (χ0v) is 12.8. The highest BCUT2D eigenvalue weighted by atomic mass is 16.5. The van der Waals surface area contributed by atoms with Crippen LogP contribution in [0.1, 0.15) is 46.5 Å². The van der Waals surface area contributed by atoms with Crippen LogP contribution in [0.3, 0.4) is 0 Å². The summed E-state index contributed by atoms with van der Waals surface area (Å²) in [7, 11) is 1.79. The molecule has 0 atom stereocenters. The van der Waals surface area contributed by atoms with E-state index in [-0.39, 0.29) is 0 Å². The Kier molecular flexibility index (Phi) is 7.20. The van der Waals surface area contributed by atoms with Gasteiger partial charge in [0.05, 0.1) is 6.61 Å². The Morgan fingerprint density at radius 3 is 2.44 bits per heavy atom. The van der Waals surface area contributed by atoms with Gasteiger partial charge in [0.2, 0.25) is 0 Å². The summed E-state index contributed by atoms with van der Waals surface area (Å²) in [5, 5.41) is 3.57. The van der Waals surface area contributed by atoms with Gasteiger partial charge in [-0.15, -0.1) is 0 Å². The topological polar surface area (TPSA) is 24.5 Å². The predicted molar refractivity (Wildman–Crippen MR) is 78.0 cm³/mol. The fourth-order valence-electron chi connectivity index (χ4n) is 3.07. The average Bonchev–Trinajstić information content (AvgIpc) is 2.81. The van der Waals surface area contributed by atoms with Gasteiger partial charge in [-0.2, -0.15) is 0 Å². The second kappa shape index (κ2) is 8.13. The van der Waals surface area contributed by atoms with E-state index in [0.29, 0.717) is 11.5 Å². The second-order valence-electron chi connectivity index (χ2n) is 6.04. The van der Waals surface area contributed by atoms with Gasteiger partial charge in [0, 0.05) is 32.8 Å². The van der Waals surface area contributed by atoms with Crippen LogP contribution in [0.2, 0.25) is 0 Å². The van der Waals surface area contributed by atoms with Crippen molar-refractivity contribution in [3.63, 3.8) is 0 Å². The monoisotopic (exact) mass is 256 g/mol. The molecule has 0 spiro atoms. The Hall–Kier alpha value is -0.120. The summed E-state index contributed by atoms with van der Waals surface area (Å²) >= 11 is 0. The molecular formula is C15H32N2O. The normalized spacial score (nSPS) is 19.0. The van der Waals surface area contributed by atoms with Crippen LogP contribution in [0.15, 0.2) is 0 Å². The van der Waals surface area contributed by atoms with E-state index in [1.54, 1.807) is 7.11 Å². The lowest BCUT2D eigenvalue weighted by molar-refractivity contribution is 0.0849. The van der Waals surface area contributed by atoms with Gasteiger partial charge in [-0.05, 0) is 38.6 Å². The first kappa shape index (κ1) is 15.9. The maximum Gasteiger partial charge on any atom is 0.0589 e. The largest absolute Gasteiger partial charge is 0.383 e. The van der Waals surface area contributed by atoms with E-state index < -0.39 is 0 Å². The number of hydrogen-bond donors (Lipinski definition) is 1. The SMILES string of the molecule is CCNCC1(CN(CCOC)C(C)C)CCCC1. The molecule has 0 unspecified atom stereocenters. The van der Waals surface area contributed by atoms with Gasteiger partial charge in [-0.25, -0.2) is 0 Å².